The molecular formula is C46H56O10. The Morgan fingerprint density at radius 1 is 0.554 bits per heavy atom. The third-order valence-electron chi connectivity index (χ3n) is 10.1. The maximum Gasteiger partial charge on any atom is 0.176 e. The molecule has 3 saturated heterocycles. The van der Waals surface area contributed by atoms with Gasteiger partial charge >= 0.3 is 0 Å². The number of ether oxygens (including phenoxy) is 8. The van der Waals surface area contributed by atoms with Gasteiger partial charge in [0, 0.05) is 10.8 Å². The van der Waals surface area contributed by atoms with E-state index in [-0.39, 0.29) is 42.4 Å². The minimum atomic E-state index is -0.829. The molecule has 0 spiro atoms. The van der Waals surface area contributed by atoms with Gasteiger partial charge in [-0.1, -0.05) is 82.8 Å². The first-order chi connectivity index (χ1) is 26.9. The van der Waals surface area contributed by atoms with Gasteiger partial charge in [-0.2, -0.15) is 0 Å². The molecule has 0 aliphatic carbocycles. The smallest absolute Gasteiger partial charge is 0.176 e. The summed E-state index contributed by atoms with van der Waals surface area (Å²) in [5.74, 6) is 3.11. The van der Waals surface area contributed by atoms with Crippen molar-refractivity contribution in [1.29, 1.82) is 0 Å². The Hall–Kier alpha value is -4.42. The molecule has 3 aliphatic heterocycles. The van der Waals surface area contributed by atoms with E-state index in [4.69, 9.17) is 43.0 Å². The summed E-state index contributed by atoms with van der Waals surface area (Å²) in [5, 5.41) is 19.6. The van der Waals surface area contributed by atoms with Crippen LogP contribution in [-0.4, -0.2) is 93.8 Å². The number of hydrogen-bond acceptors (Lipinski definition) is 10. The summed E-state index contributed by atoms with van der Waals surface area (Å²) < 4.78 is 43.6. The summed E-state index contributed by atoms with van der Waals surface area (Å²) in [5.41, 5.74) is 4.96. The van der Waals surface area contributed by atoms with Crippen LogP contribution in [0, 0.1) is 0 Å². The molecule has 4 atom stereocenters. The van der Waals surface area contributed by atoms with E-state index < -0.39 is 12.4 Å². The Kier molecular flexibility index (Phi) is 13.8. The molecule has 0 aromatic heterocycles. The maximum absolute atomic E-state index is 10.5. The van der Waals surface area contributed by atoms with E-state index in [0.29, 0.717) is 36.9 Å². The molecule has 56 heavy (non-hydrogen) atoms. The van der Waals surface area contributed by atoms with Gasteiger partial charge in [0.2, 0.25) is 0 Å². The molecule has 3 fully saturated rings. The Balaban J connectivity index is 0.000000463. The van der Waals surface area contributed by atoms with Gasteiger partial charge in [-0.05, 0) is 83.3 Å². The average Bonchev–Trinajstić information content (AvgIpc) is 4.05. The van der Waals surface area contributed by atoms with Gasteiger partial charge in [-0.15, -0.1) is 0 Å². The summed E-state index contributed by atoms with van der Waals surface area (Å²) >= 11 is 0. The van der Waals surface area contributed by atoms with E-state index >= 15 is 0 Å². The van der Waals surface area contributed by atoms with Crippen molar-refractivity contribution in [3.8, 4) is 23.0 Å². The summed E-state index contributed by atoms with van der Waals surface area (Å²) in [4.78, 5) is 0. The molecule has 0 saturated carbocycles. The van der Waals surface area contributed by atoms with Gasteiger partial charge in [-0.25, -0.2) is 0 Å². The highest BCUT2D eigenvalue weighted by Crippen LogP contribution is 2.35. The van der Waals surface area contributed by atoms with Crippen molar-refractivity contribution in [2.45, 2.75) is 76.2 Å². The second-order valence-electron chi connectivity index (χ2n) is 15.6. The van der Waals surface area contributed by atoms with Crippen molar-refractivity contribution in [2.24, 2.45) is 0 Å². The molecular weight excluding hydrogens is 712 g/mol. The molecule has 7 rings (SSSR count). The molecule has 2 N–H and O–H groups in total. The Labute approximate surface area is 330 Å². The van der Waals surface area contributed by atoms with Crippen LogP contribution in [0.5, 0.6) is 23.0 Å². The van der Waals surface area contributed by atoms with Crippen LogP contribution in [0.2, 0.25) is 0 Å². The topological polar surface area (TPSA) is 124 Å². The Morgan fingerprint density at radius 2 is 0.839 bits per heavy atom. The predicted molar refractivity (Wildman–Crippen MR) is 214 cm³/mol. The second-order valence-corrected chi connectivity index (χ2v) is 15.6. The van der Waals surface area contributed by atoms with Gasteiger partial charge in [0.05, 0.1) is 26.4 Å². The summed E-state index contributed by atoms with van der Waals surface area (Å²) in [6, 6.07) is 32.6. The van der Waals surface area contributed by atoms with E-state index in [9.17, 15) is 5.11 Å². The first-order valence-corrected chi connectivity index (χ1v) is 19.3. The van der Waals surface area contributed by atoms with Crippen molar-refractivity contribution >= 4 is 0 Å². The van der Waals surface area contributed by atoms with Crippen molar-refractivity contribution < 1.29 is 48.1 Å². The van der Waals surface area contributed by atoms with Crippen molar-refractivity contribution in [1.82, 2.24) is 0 Å². The average molecular weight is 769 g/mol. The Morgan fingerprint density at radius 3 is 1.12 bits per heavy atom. The number of hydrogen-bond donors (Lipinski definition) is 2. The molecule has 0 amide bonds. The van der Waals surface area contributed by atoms with Crippen LogP contribution in [0.25, 0.3) is 0 Å². The van der Waals surface area contributed by atoms with Crippen LogP contribution in [0.15, 0.2) is 109 Å². The van der Waals surface area contributed by atoms with Crippen molar-refractivity contribution in [2.75, 3.05) is 52.9 Å². The van der Waals surface area contributed by atoms with Gasteiger partial charge in [0.1, 0.15) is 73.8 Å². The quantitative estimate of drug-likeness (QED) is 0.0552. The van der Waals surface area contributed by atoms with Crippen molar-refractivity contribution in [3.05, 3.63) is 131 Å². The van der Waals surface area contributed by atoms with Gasteiger partial charge in [-0.3, -0.25) is 0 Å². The molecule has 4 aromatic carbocycles. The first-order valence-electron chi connectivity index (χ1n) is 19.3. The van der Waals surface area contributed by atoms with E-state index in [1.54, 1.807) is 6.92 Å². The zero-order valence-corrected chi connectivity index (χ0v) is 33.1. The zero-order chi connectivity index (χ0) is 39.7. The van der Waals surface area contributed by atoms with Crippen molar-refractivity contribution in [3.63, 3.8) is 0 Å². The molecule has 0 radical (unpaired) electrons. The standard InChI is InChI=1S/C39H44O7.C7H12O3/c1-38(2,29-9-17-34(18-10-29)43-23-36-25-45-36)27-5-13-32(14-6-27)41-21-31(40)22-42-33-15-7-28(8-16-33)39(3,4)30-11-19-35(20-12-30)44-24-37-26-46-37;1-5(2)7(8)10-4-6-3-9-6/h5-20,31,36-37,40H,21-26H2,1-4H3;6-8H,1,3-4H2,2H3. The highest BCUT2D eigenvalue weighted by atomic mass is 16.6. The van der Waals surface area contributed by atoms with Crippen LogP contribution in [0.1, 0.15) is 56.9 Å². The van der Waals surface area contributed by atoms with Crippen LogP contribution >= 0.6 is 0 Å². The molecule has 10 heteroatoms. The largest absolute Gasteiger partial charge is 0.491 e. The number of rotatable bonds is 20. The molecule has 0 bridgehead atoms. The van der Waals surface area contributed by atoms with Gasteiger partial charge < -0.3 is 48.1 Å². The predicted octanol–water partition coefficient (Wildman–Crippen LogP) is 7.01. The number of benzene rings is 4. The minimum Gasteiger partial charge on any atom is -0.491 e. The lowest BCUT2D eigenvalue weighted by atomic mass is 9.78. The zero-order valence-electron chi connectivity index (χ0n) is 33.1. The molecule has 4 aromatic rings. The SMILES string of the molecule is C=C(C)C(O)OCC1CO1.CC(C)(c1ccc(OCC(O)COc2ccc(C(C)(C)c3ccc(OCC4CO4)cc3)cc2)cc1)c1ccc(OCC2CO2)cc1. The normalized spacial score (nSPS) is 19.4. The fraction of sp³-hybridized carbons (Fsp3) is 0.435. The lowest BCUT2D eigenvalue weighted by Gasteiger charge is -2.26. The summed E-state index contributed by atoms with van der Waals surface area (Å²) in [6.45, 7) is 18.3. The monoisotopic (exact) mass is 768 g/mol. The fourth-order valence-corrected chi connectivity index (χ4v) is 5.85. The van der Waals surface area contributed by atoms with Gasteiger partial charge in [0.15, 0.2) is 6.29 Å². The maximum atomic E-state index is 10.5. The van der Waals surface area contributed by atoms with E-state index in [1.165, 1.54) is 22.3 Å². The molecule has 3 heterocycles. The third kappa shape index (κ3) is 12.3. The Bertz CT molecular complexity index is 1690. The van der Waals surface area contributed by atoms with Gasteiger partial charge in [0.25, 0.3) is 0 Å². The fourth-order valence-electron chi connectivity index (χ4n) is 5.85. The van der Waals surface area contributed by atoms with E-state index in [2.05, 4.69) is 82.8 Å². The lowest BCUT2D eigenvalue weighted by molar-refractivity contribution is -0.0758. The summed E-state index contributed by atoms with van der Waals surface area (Å²) in [6.07, 6.45) is -0.916. The molecule has 300 valence electrons. The summed E-state index contributed by atoms with van der Waals surface area (Å²) in [7, 11) is 0. The minimum absolute atomic E-state index is 0.134. The molecule has 10 nitrogen and oxygen atoms in total. The lowest BCUT2D eigenvalue weighted by Crippen LogP contribution is -2.25. The van der Waals surface area contributed by atoms with Crippen LogP contribution in [-0.2, 0) is 29.8 Å². The highest BCUT2D eigenvalue weighted by Gasteiger charge is 2.27. The third-order valence-corrected chi connectivity index (χ3v) is 10.1. The highest BCUT2D eigenvalue weighted by molar-refractivity contribution is 5.43. The second kappa shape index (κ2) is 18.7. The number of aliphatic hydroxyl groups excluding tert-OH is 2. The first kappa shape index (κ1) is 41.2. The molecule has 3 aliphatic rings. The number of aliphatic hydroxyl groups is 2. The number of epoxide rings is 3. The van der Waals surface area contributed by atoms with E-state index in [1.807, 2.05) is 48.5 Å². The van der Waals surface area contributed by atoms with Crippen LogP contribution < -0.4 is 18.9 Å². The van der Waals surface area contributed by atoms with E-state index in [0.717, 1.165) is 31.3 Å². The molecule has 4 unspecified atom stereocenters. The van der Waals surface area contributed by atoms with Crippen LogP contribution in [0.3, 0.4) is 0 Å². The van der Waals surface area contributed by atoms with Crippen LogP contribution in [0.4, 0.5) is 0 Å².